The molecule has 5 nitrogen and oxygen atoms in total. The third-order valence-electron chi connectivity index (χ3n) is 3.07. The molecule has 0 saturated carbocycles. The number of aromatic nitrogens is 2. The largest absolute Gasteiger partial charge is 0.425 e. The van der Waals surface area contributed by atoms with E-state index >= 15 is 0 Å². The predicted octanol–water partition coefficient (Wildman–Crippen LogP) is 1.27. The van der Waals surface area contributed by atoms with E-state index in [1.807, 2.05) is 6.07 Å². The Morgan fingerprint density at radius 3 is 3.25 bits per heavy atom. The molecular formula is C11H14N4O. The number of fused-ring (bicyclic) bond motifs is 1. The SMILES string of the molecule is Nc1cc2ncoc2nc1C1CCCNC1. The highest BCUT2D eigenvalue weighted by Gasteiger charge is 2.20. The Hall–Kier alpha value is -1.62. The van der Waals surface area contributed by atoms with Crippen LogP contribution in [-0.4, -0.2) is 23.1 Å². The van der Waals surface area contributed by atoms with Crippen LogP contribution in [0.25, 0.3) is 11.2 Å². The van der Waals surface area contributed by atoms with E-state index in [2.05, 4.69) is 15.3 Å². The van der Waals surface area contributed by atoms with Crippen LogP contribution in [0.15, 0.2) is 16.9 Å². The number of anilines is 1. The molecule has 0 amide bonds. The van der Waals surface area contributed by atoms with Crippen molar-refractivity contribution >= 4 is 16.9 Å². The molecule has 0 aliphatic carbocycles. The van der Waals surface area contributed by atoms with Crippen LogP contribution in [0.5, 0.6) is 0 Å². The number of hydrogen-bond acceptors (Lipinski definition) is 5. The van der Waals surface area contributed by atoms with Gasteiger partial charge in [0.2, 0.25) is 5.71 Å². The van der Waals surface area contributed by atoms with Crippen LogP contribution in [0.4, 0.5) is 5.69 Å². The lowest BCUT2D eigenvalue weighted by Crippen LogP contribution is -2.29. The summed E-state index contributed by atoms with van der Waals surface area (Å²) in [5.41, 5.74) is 8.97. The summed E-state index contributed by atoms with van der Waals surface area (Å²) in [6, 6.07) is 1.84. The summed E-state index contributed by atoms with van der Waals surface area (Å²) in [6.45, 7) is 2.03. The van der Waals surface area contributed by atoms with E-state index in [-0.39, 0.29) is 0 Å². The molecule has 0 spiro atoms. The maximum atomic E-state index is 6.00. The summed E-state index contributed by atoms with van der Waals surface area (Å²) in [6.07, 6.45) is 3.70. The van der Waals surface area contributed by atoms with Gasteiger partial charge in [0.25, 0.3) is 0 Å². The zero-order chi connectivity index (χ0) is 11.0. The molecule has 1 aliphatic heterocycles. The zero-order valence-electron chi connectivity index (χ0n) is 8.94. The molecule has 84 valence electrons. The van der Waals surface area contributed by atoms with Crippen LogP contribution in [0, 0.1) is 0 Å². The molecule has 0 radical (unpaired) electrons. The fourth-order valence-electron chi connectivity index (χ4n) is 2.24. The highest BCUT2D eigenvalue weighted by Crippen LogP contribution is 2.28. The van der Waals surface area contributed by atoms with Gasteiger partial charge in [-0.1, -0.05) is 0 Å². The number of oxazole rings is 1. The normalized spacial score (nSPS) is 21.4. The Labute approximate surface area is 93.1 Å². The molecule has 1 aliphatic rings. The van der Waals surface area contributed by atoms with Crippen LogP contribution in [0.3, 0.4) is 0 Å². The van der Waals surface area contributed by atoms with E-state index in [9.17, 15) is 0 Å². The second-order valence-electron chi connectivity index (χ2n) is 4.18. The van der Waals surface area contributed by atoms with E-state index in [4.69, 9.17) is 10.2 Å². The molecule has 0 bridgehead atoms. The molecule has 16 heavy (non-hydrogen) atoms. The number of piperidine rings is 1. The Balaban J connectivity index is 2.03. The second-order valence-corrected chi connectivity index (χ2v) is 4.18. The third kappa shape index (κ3) is 1.53. The van der Waals surface area contributed by atoms with E-state index in [0.717, 1.165) is 36.4 Å². The van der Waals surface area contributed by atoms with Crippen molar-refractivity contribution in [2.24, 2.45) is 0 Å². The van der Waals surface area contributed by atoms with Gasteiger partial charge in [0, 0.05) is 12.5 Å². The van der Waals surface area contributed by atoms with Gasteiger partial charge >= 0.3 is 0 Å². The van der Waals surface area contributed by atoms with E-state index in [1.54, 1.807) is 0 Å². The number of pyridine rings is 1. The average molecular weight is 218 g/mol. The third-order valence-corrected chi connectivity index (χ3v) is 3.07. The van der Waals surface area contributed by atoms with Gasteiger partial charge in [-0.15, -0.1) is 0 Å². The first kappa shape index (κ1) is 9.59. The summed E-state index contributed by atoms with van der Waals surface area (Å²) in [5, 5.41) is 3.36. The minimum atomic E-state index is 0.392. The molecule has 1 fully saturated rings. The molecule has 5 heteroatoms. The lowest BCUT2D eigenvalue weighted by molar-refractivity contribution is 0.454. The monoisotopic (exact) mass is 218 g/mol. The molecule has 2 aromatic heterocycles. The van der Waals surface area contributed by atoms with Crippen LogP contribution in [-0.2, 0) is 0 Å². The molecule has 1 saturated heterocycles. The Morgan fingerprint density at radius 2 is 2.44 bits per heavy atom. The standard InChI is InChI=1S/C11H14N4O/c12-8-4-9-11(16-6-14-9)15-10(8)7-2-1-3-13-5-7/h4,6-7,13H,1-3,5,12H2. The minimum Gasteiger partial charge on any atom is -0.425 e. The number of nitrogens with two attached hydrogens (primary N) is 1. The maximum absolute atomic E-state index is 6.00. The van der Waals surface area contributed by atoms with Crippen molar-refractivity contribution < 1.29 is 4.42 Å². The van der Waals surface area contributed by atoms with E-state index in [1.165, 1.54) is 12.8 Å². The number of nitrogen functional groups attached to an aromatic ring is 1. The van der Waals surface area contributed by atoms with Gasteiger partial charge in [-0.3, -0.25) is 0 Å². The van der Waals surface area contributed by atoms with Crippen LogP contribution < -0.4 is 11.1 Å². The molecular weight excluding hydrogens is 204 g/mol. The molecule has 3 rings (SSSR count). The predicted molar refractivity (Wildman–Crippen MR) is 61.1 cm³/mol. The first-order valence-electron chi connectivity index (χ1n) is 5.55. The fourth-order valence-corrected chi connectivity index (χ4v) is 2.24. The lowest BCUT2D eigenvalue weighted by atomic mass is 9.94. The quantitative estimate of drug-likeness (QED) is 0.753. The number of nitrogens with one attached hydrogen (secondary N) is 1. The smallest absolute Gasteiger partial charge is 0.247 e. The summed E-state index contributed by atoms with van der Waals surface area (Å²) in [4.78, 5) is 8.51. The molecule has 1 unspecified atom stereocenters. The molecule has 3 heterocycles. The first-order chi connectivity index (χ1) is 7.84. The number of rotatable bonds is 1. The molecule has 1 atom stereocenters. The number of nitrogens with zero attached hydrogens (tertiary/aromatic N) is 2. The van der Waals surface area contributed by atoms with Gasteiger partial charge in [-0.05, 0) is 25.5 Å². The second kappa shape index (κ2) is 3.75. The Bertz CT molecular complexity index is 502. The van der Waals surface area contributed by atoms with Crippen molar-refractivity contribution in [3.8, 4) is 0 Å². The van der Waals surface area contributed by atoms with Gasteiger partial charge in [0.1, 0.15) is 5.52 Å². The van der Waals surface area contributed by atoms with Crippen molar-refractivity contribution in [3.63, 3.8) is 0 Å². The Kier molecular flexibility index (Phi) is 2.25. The minimum absolute atomic E-state index is 0.392. The van der Waals surface area contributed by atoms with Gasteiger partial charge in [-0.25, -0.2) is 9.97 Å². The van der Waals surface area contributed by atoms with Crippen molar-refractivity contribution in [1.82, 2.24) is 15.3 Å². The van der Waals surface area contributed by atoms with Gasteiger partial charge in [0.15, 0.2) is 6.39 Å². The summed E-state index contributed by atoms with van der Waals surface area (Å²) in [7, 11) is 0. The van der Waals surface area contributed by atoms with E-state index < -0.39 is 0 Å². The van der Waals surface area contributed by atoms with Gasteiger partial charge < -0.3 is 15.5 Å². The topological polar surface area (TPSA) is 77.0 Å². The number of hydrogen-bond donors (Lipinski definition) is 2. The van der Waals surface area contributed by atoms with Crippen LogP contribution in [0.2, 0.25) is 0 Å². The Morgan fingerprint density at radius 1 is 1.50 bits per heavy atom. The van der Waals surface area contributed by atoms with Crippen molar-refractivity contribution in [1.29, 1.82) is 0 Å². The fraction of sp³-hybridized carbons (Fsp3) is 0.455. The van der Waals surface area contributed by atoms with Crippen LogP contribution in [0.1, 0.15) is 24.5 Å². The van der Waals surface area contributed by atoms with Crippen LogP contribution >= 0.6 is 0 Å². The molecule has 2 aromatic rings. The molecule has 0 aromatic carbocycles. The zero-order valence-corrected chi connectivity index (χ0v) is 8.94. The average Bonchev–Trinajstić information content (AvgIpc) is 2.76. The van der Waals surface area contributed by atoms with Crippen molar-refractivity contribution in [2.75, 3.05) is 18.8 Å². The van der Waals surface area contributed by atoms with Crippen molar-refractivity contribution in [3.05, 3.63) is 18.2 Å². The maximum Gasteiger partial charge on any atom is 0.247 e. The molecule has 3 N–H and O–H groups in total. The summed E-state index contributed by atoms with van der Waals surface area (Å²) in [5.74, 6) is 0.392. The van der Waals surface area contributed by atoms with E-state index in [0.29, 0.717) is 11.6 Å². The van der Waals surface area contributed by atoms with Crippen molar-refractivity contribution in [2.45, 2.75) is 18.8 Å². The van der Waals surface area contributed by atoms with Gasteiger partial charge in [-0.2, -0.15) is 0 Å². The summed E-state index contributed by atoms with van der Waals surface area (Å²) >= 11 is 0. The summed E-state index contributed by atoms with van der Waals surface area (Å²) < 4.78 is 5.21. The lowest BCUT2D eigenvalue weighted by Gasteiger charge is -2.22. The highest BCUT2D eigenvalue weighted by molar-refractivity contribution is 5.73. The van der Waals surface area contributed by atoms with Gasteiger partial charge in [0.05, 0.1) is 11.4 Å². The highest BCUT2D eigenvalue weighted by atomic mass is 16.3. The first-order valence-corrected chi connectivity index (χ1v) is 5.55.